The fourth-order valence-electron chi connectivity index (χ4n) is 2.98. The maximum Gasteiger partial charge on any atom is 0.0522 e. The van der Waals surface area contributed by atoms with E-state index in [2.05, 4.69) is 32.1 Å². The molecule has 0 aromatic carbocycles. The molecular formula is C14H25N3. The molecule has 3 nitrogen and oxygen atoms in total. The molecule has 0 amide bonds. The molecule has 1 aliphatic rings. The Hall–Kier alpha value is -0.830. The molecule has 17 heavy (non-hydrogen) atoms. The highest BCUT2D eigenvalue weighted by atomic mass is 15.3. The highest BCUT2D eigenvalue weighted by Gasteiger charge is 2.34. The molecule has 0 bridgehead atoms. The first kappa shape index (κ1) is 12.6. The molecule has 1 aliphatic carbocycles. The average Bonchev–Trinajstić information content (AvgIpc) is 2.71. The Bertz CT molecular complexity index is 371. The molecule has 1 aromatic heterocycles. The van der Waals surface area contributed by atoms with Crippen molar-refractivity contribution in [2.45, 2.75) is 58.5 Å². The van der Waals surface area contributed by atoms with Gasteiger partial charge in [0, 0.05) is 18.3 Å². The van der Waals surface area contributed by atoms with Crippen LogP contribution in [-0.4, -0.2) is 15.3 Å². The molecule has 3 unspecified atom stereocenters. The Labute approximate surface area is 104 Å². The summed E-state index contributed by atoms with van der Waals surface area (Å²) in [6.07, 6.45) is 8.64. The van der Waals surface area contributed by atoms with Crippen molar-refractivity contribution in [3.05, 3.63) is 18.0 Å². The summed E-state index contributed by atoms with van der Waals surface area (Å²) in [4.78, 5) is 0. The van der Waals surface area contributed by atoms with Crippen molar-refractivity contribution in [1.82, 2.24) is 9.78 Å². The van der Waals surface area contributed by atoms with E-state index in [0.29, 0.717) is 0 Å². The van der Waals surface area contributed by atoms with Crippen LogP contribution in [0.15, 0.2) is 12.4 Å². The van der Waals surface area contributed by atoms with Crippen LogP contribution in [0, 0.1) is 11.8 Å². The Morgan fingerprint density at radius 3 is 2.82 bits per heavy atom. The fourth-order valence-corrected chi connectivity index (χ4v) is 2.98. The first-order valence-electron chi connectivity index (χ1n) is 6.82. The monoisotopic (exact) mass is 235 g/mol. The molecule has 0 radical (unpaired) electrons. The molecule has 0 spiro atoms. The third-order valence-electron chi connectivity index (χ3n) is 4.36. The van der Waals surface area contributed by atoms with E-state index in [1.807, 2.05) is 10.9 Å². The number of nitrogens with two attached hydrogens (primary N) is 1. The van der Waals surface area contributed by atoms with Crippen LogP contribution in [0.1, 0.15) is 45.6 Å². The lowest BCUT2D eigenvalue weighted by atomic mass is 9.70. The van der Waals surface area contributed by atoms with Crippen LogP contribution >= 0.6 is 0 Å². The van der Waals surface area contributed by atoms with Crippen molar-refractivity contribution in [1.29, 1.82) is 0 Å². The molecule has 2 N–H and O–H groups in total. The molecule has 96 valence electrons. The van der Waals surface area contributed by atoms with Gasteiger partial charge < -0.3 is 5.73 Å². The predicted octanol–water partition coefficient (Wildman–Crippen LogP) is 2.60. The van der Waals surface area contributed by atoms with Crippen LogP contribution in [0.3, 0.4) is 0 Å². The van der Waals surface area contributed by atoms with Gasteiger partial charge >= 0.3 is 0 Å². The molecule has 1 saturated carbocycles. The van der Waals surface area contributed by atoms with E-state index in [4.69, 9.17) is 5.73 Å². The Balaban J connectivity index is 2.02. The number of hydrogen-bond donors (Lipinski definition) is 1. The van der Waals surface area contributed by atoms with Crippen molar-refractivity contribution in [2.24, 2.45) is 17.6 Å². The van der Waals surface area contributed by atoms with Gasteiger partial charge in [0.2, 0.25) is 0 Å². The normalized spacial score (nSPS) is 33.9. The van der Waals surface area contributed by atoms with E-state index < -0.39 is 0 Å². The molecule has 1 fully saturated rings. The van der Waals surface area contributed by atoms with Crippen molar-refractivity contribution in [3.63, 3.8) is 0 Å². The summed E-state index contributed by atoms with van der Waals surface area (Å²) >= 11 is 0. The summed E-state index contributed by atoms with van der Waals surface area (Å²) < 4.78 is 1.98. The van der Waals surface area contributed by atoms with Gasteiger partial charge in [-0.2, -0.15) is 5.10 Å². The lowest BCUT2D eigenvalue weighted by Gasteiger charge is -2.40. The highest BCUT2D eigenvalue weighted by Crippen LogP contribution is 2.36. The summed E-state index contributed by atoms with van der Waals surface area (Å²) in [5.41, 5.74) is 7.84. The van der Waals surface area contributed by atoms with Gasteiger partial charge in [0.25, 0.3) is 0 Å². The van der Waals surface area contributed by atoms with Gasteiger partial charge in [-0.05, 0) is 50.0 Å². The van der Waals surface area contributed by atoms with Gasteiger partial charge in [0.15, 0.2) is 0 Å². The molecular weight excluding hydrogens is 210 g/mol. The first-order valence-corrected chi connectivity index (χ1v) is 6.82. The van der Waals surface area contributed by atoms with Gasteiger partial charge in [-0.25, -0.2) is 0 Å². The maximum atomic E-state index is 6.56. The largest absolute Gasteiger partial charge is 0.325 e. The molecule has 3 heteroatoms. The second kappa shape index (κ2) is 4.81. The third-order valence-corrected chi connectivity index (χ3v) is 4.36. The Morgan fingerprint density at radius 1 is 1.47 bits per heavy atom. The van der Waals surface area contributed by atoms with Crippen LogP contribution in [0.2, 0.25) is 0 Å². The van der Waals surface area contributed by atoms with E-state index >= 15 is 0 Å². The Kier molecular flexibility index (Phi) is 3.57. The van der Waals surface area contributed by atoms with Crippen LogP contribution in [-0.2, 0) is 13.0 Å². The van der Waals surface area contributed by atoms with E-state index in [9.17, 15) is 0 Å². The summed E-state index contributed by atoms with van der Waals surface area (Å²) in [6.45, 7) is 7.73. The highest BCUT2D eigenvalue weighted by molar-refractivity contribution is 5.11. The number of nitrogens with zero attached hydrogens (tertiary/aromatic N) is 2. The zero-order valence-electron chi connectivity index (χ0n) is 11.3. The number of aromatic nitrogens is 2. The van der Waals surface area contributed by atoms with Gasteiger partial charge in [0.05, 0.1) is 6.20 Å². The van der Waals surface area contributed by atoms with Gasteiger partial charge in [-0.3, -0.25) is 4.68 Å². The first-order chi connectivity index (χ1) is 8.02. The van der Waals surface area contributed by atoms with Crippen molar-refractivity contribution in [3.8, 4) is 0 Å². The smallest absolute Gasteiger partial charge is 0.0522 e. The second-order valence-electron chi connectivity index (χ2n) is 5.94. The van der Waals surface area contributed by atoms with E-state index in [1.54, 1.807) is 0 Å². The van der Waals surface area contributed by atoms with Gasteiger partial charge in [-0.1, -0.05) is 13.8 Å². The van der Waals surface area contributed by atoms with Crippen LogP contribution < -0.4 is 5.73 Å². The lowest BCUT2D eigenvalue weighted by Crippen LogP contribution is -2.47. The zero-order valence-corrected chi connectivity index (χ0v) is 11.3. The van der Waals surface area contributed by atoms with Crippen LogP contribution in [0.25, 0.3) is 0 Å². The molecule has 1 heterocycles. The zero-order chi connectivity index (χ0) is 12.5. The lowest BCUT2D eigenvalue weighted by molar-refractivity contribution is 0.176. The predicted molar refractivity (Wildman–Crippen MR) is 70.7 cm³/mol. The number of rotatable bonds is 3. The van der Waals surface area contributed by atoms with Crippen molar-refractivity contribution >= 4 is 0 Å². The SMILES string of the molecule is CCn1cc(CC2(N)CCC(C)C(C)C2)cn1. The quantitative estimate of drug-likeness (QED) is 0.875. The summed E-state index contributed by atoms with van der Waals surface area (Å²) in [6, 6.07) is 0. The minimum absolute atomic E-state index is 0.00642. The van der Waals surface area contributed by atoms with Gasteiger partial charge in [-0.15, -0.1) is 0 Å². The molecule has 3 atom stereocenters. The van der Waals surface area contributed by atoms with Gasteiger partial charge in [0.1, 0.15) is 0 Å². The third kappa shape index (κ3) is 2.89. The minimum Gasteiger partial charge on any atom is -0.325 e. The topological polar surface area (TPSA) is 43.8 Å². The minimum atomic E-state index is -0.00642. The van der Waals surface area contributed by atoms with Crippen molar-refractivity contribution in [2.75, 3.05) is 0 Å². The van der Waals surface area contributed by atoms with Crippen molar-refractivity contribution < 1.29 is 0 Å². The summed E-state index contributed by atoms with van der Waals surface area (Å²) in [5.74, 6) is 1.57. The fraction of sp³-hybridized carbons (Fsp3) is 0.786. The van der Waals surface area contributed by atoms with E-state index in [-0.39, 0.29) is 5.54 Å². The molecule has 1 aromatic rings. The number of hydrogen-bond acceptors (Lipinski definition) is 2. The summed E-state index contributed by atoms with van der Waals surface area (Å²) in [5, 5.41) is 4.33. The average molecular weight is 235 g/mol. The second-order valence-corrected chi connectivity index (χ2v) is 5.94. The molecule has 0 saturated heterocycles. The van der Waals surface area contributed by atoms with E-state index in [0.717, 1.165) is 37.6 Å². The van der Waals surface area contributed by atoms with E-state index in [1.165, 1.54) is 12.0 Å². The van der Waals surface area contributed by atoms with Crippen LogP contribution in [0.4, 0.5) is 0 Å². The standard InChI is InChI=1S/C14H25N3/c1-4-17-10-13(9-16-17)8-14(15)6-5-11(2)12(3)7-14/h9-12H,4-8,15H2,1-3H3. The molecule has 0 aliphatic heterocycles. The molecule has 2 rings (SSSR count). The summed E-state index contributed by atoms with van der Waals surface area (Å²) in [7, 11) is 0. The number of aryl methyl sites for hydroxylation is 1. The maximum absolute atomic E-state index is 6.56. The van der Waals surface area contributed by atoms with Crippen LogP contribution in [0.5, 0.6) is 0 Å². The Morgan fingerprint density at radius 2 is 2.24 bits per heavy atom.